The molecule has 11 nitrogen and oxygen atoms in total. The number of nitrogens with zero attached hydrogens (tertiary/aromatic N) is 5. The summed E-state index contributed by atoms with van der Waals surface area (Å²) >= 11 is 3.42. The normalized spacial score (nSPS) is 12.2. The molecule has 188 valence electrons. The molecule has 2 N–H and O–H groups in total. The highest BCUT2D eigenvalue weighted by Crippen LogP contribution is 2.22. The van der Waals surface area contributed by atoms with E-state index in [0.717, 1.165) is 9.04 Å². The first-order chi connectivity index (χ1) is 17.3. The van der Waals surface area contributed by atoms with Crippen LogP contribution in [0, 0.1) is 0 Å². The Morgan fingerprint density at radius 2 is 1.92 bits per heavy atom. The number of benzene rings is 2. The van der Waals surface area contributed by atoms with Crippen molar-refractivity contribution in [2.75, 3.05) is 19.1 Å². The average molecular weight is 557 g/mol. The van der Waals surface area contributed by atoms with Gasteiger partial charge in [-0.1, -0.05) is 34.1 Å². The van der Waals surface area contributed by atoms with Crippen LogP contribution in [0.15, 0.2) is 67.7 Å². The predicted octanol–water partition coefficient (Wildman–Crippen LogP) is 2.09. The summed E-state index contributed by atoms with van der Waals surface area (Å²) in [4.78, 5) is 29.9. The van der Waals surface area contributed by atoms with Crippen LogP contribution in [0.25, 0.3) is 11.2 Å². The molecular weight excluding hydrogens is 532 g/mol. The number of methoxy groups -OCH3 is 1. The summed E-state index contributed by atoms with van der Waals surface area (Å²) < 4.78 is 15.6. The second-order valence-corrected chi connectivity index (χ2v) is 8.87. The molecule has 12 heteroatoms. The molecule has 2 aromatic heterocycles. The summed E-state index contributed by atoms with van der Waals surface area (Å²) in [7, 11) is 4.47. The third-order valence-corrected chi connectivity index (χ3v) is 5.98. The molecule has 4 rings (SSSR count). The quantitative estimate of drug-likeness (QED) is 0.239. The van der Waals surface area contributed by atoms with Crippen molar-refractivity contribution in [3.05, 3.63) is 79.4 Å². The van der Waals surface area contributed by atoms with Crippen molar-refractivity contribution < 1.29 is 14.6 Å². The van der Waals surface area contributed by atoms with Gasteiger partial charge in [-0.15, -0.1) is 0 Å². The minimum Gasteiger partial charge on any atom is -0.496 e. The van der Waals surface area contributed by atoms with Crippen LogP contribution >= 0.6 is 15.9 Å². The third kappa shape index (κ3) is 5.19. The predicted molar refractivity (Wildman–Crippen MR) is 140 cm³/mol. The van der Waals surface area contributed by atoms with Crippen molar-refractivity contribution in [3.8, 4) is 11.5 Å². The summed E-state index contributed by atoms with van der Waals surface area (Å²) in [6, 6.07) is 14.6. The van der Waals surface area contributed by atoms with Crippen molar-refractivity contribution in [2.45, 2.75) is 12.6 Å². The zero-order chi connectivity index (χ0) is 25.8. The van der Waals surface area contributed by atoms with Crippen molar-refractivity contribution >= 4 is 39.3 Å². The van der Waals surface area contributed by atoms with Gasteiger partial charge in [0.15, 0.2) is 11.2 Å². The molecule has 0 saturated carbocycles. The number of aromatic nitrogens is 4. The monoisotopic (exact) mass is 556 g/mol. The van der Waals surface area contributed by atoms with E-state index in [0.29, 0.717) is 17.1 Å². The molecule has 0 spiro atoms. The first-order valence-electron chi connectivity index (χ1n) is 10.9. The second-order valence-electron chi connectivity index (χ2n) is 7.96. The summed E-state index contributed by atoms with van der Waals surface area (Å²) in [6.07, 6.45) is 0.554. The number of hydrazone groups is 1. The Hall–Kier alpha value is -3.90. The Balaban J connectivity index is 1.68. The standard InChI is InChI=1S/C24H25BrN6O5/c1-29-21-20(22(33)30(2)24(29)34)31(13-17(32)14-36-18-7-5-4-6-8-18)23(27-21)28-26-12-15-11-16(25)9-10-19(15)35-3/h4-12,17,32H,13-14H2,1-3H3,(H,27,28). The summed E-state index contributed by atoms with van der Waals surface area (Å²) in [5, 5.41) is 15.0. The molecule has 2 heterocycles. The van der Waals surface area contributed by atoms with E-state index >= 15 is 0 Å². The lowest BCUT2D eigenvalue weighted by Gasteiger charge is -2.15. The average Bonchev–Trinajstić information content (AvgIpc) is 3.23. The van der Waals surface area contributed by atoms with Gasteiger partial charge >= 0.3 is 5.69 Å². The van der Waals surface area contributed by atoms with Gasteiger partial charge in [0.05, 0.1) is 19.9 Å². The smallest absolute Gasteiger partial charge is 0.332 e. The van der Waals surface area contributed by atoms with Crippen molar-refractivity contribution in [2.24, 2.45) is 19.2 Å². The van der Waals surface area contributed by atoms with Crippen LogP contribution in [0.1, 0.15) is 5.56 Å². The molecule has 1 atom stereocenters. The summed E-state index contributed by atoms with van der Waals surface area (Å²) in [5.74, 6) is 1.39. The first kappa shape index (κ1) is 25.2. The number of rotatable bonds is 9. The van der Waals surface area contributed by atoms with E-state index in [4.69, 9.17) is 9.47 Å². The minimum absolute atomic E-state index is 0.0201. The lowest BCUT2D eigenvalue weighted by molar-refractivity contribution is 0.0938. The first-order valence-corrected chi connectivity index (χ1v) is 11.7. The highest BCUT2D eigenvalue weighted by molar-refractivity contribution is 9.10. The van der Waals surface area contributed by atoms with E-state index in [9.17, 15) is 14.7 Å². The Morgan fingerprint density at radius 3 is 2.64 bits per heavy atom. The zero-order valence-corrected chi connectivity index (χ0v) is 21.5. The summed E-state index contributed by atoms with van der Waals surface area (Å²) in [6.45, 7) is -0.0530. The molecule has 0 radical (unpaired) electrons. The van der Waals surface area contributed by atoms with Gasteiger partial charge in [-0.3, -0.25) is 13.9 Å². The summed E-state index contributed by atoms with van der Waals surface area (Å²) in [5.41, 5.74) is 2.78. The fourth-order valence-corrected chi connectivity index (χ4v) is 4.03. The zero-order valence-electron chi connectivity index (χ0n) is 19.9. The molecule has 0 aliphatic carbocycles. The number of ether oxygens (including phenoxy) is 2. The highest BCUT2D eigenvalue weighted by atomic mass is 79.9. The number of nitrogens with one attached hydrogen (secondary N) is 1. The van der Waals surface area contributed by atoms with Crippen LogP contribution < -0.4 is 26.1 Å². The Kier molecular flexibility index (Phi) is 7.55. The maximum Gasteiger partial charge on any atom is 0.332 e. The minimum atomic E-state index is -0.987. The molecule has 2 aromatic carbocycles. The number of anilines is 1. The number of fused-ring (bicyclic) bond motifs is 1. The molecule has 0 fully saturated rings. The molecule has 1 unspecified atom stereocenters. The van der Waals surface area contributed by atoms with E-state index in [-0.39, 0.29) is 30.3 Å². The largest absolute Gasteiger partial charge is 0.496 e. The van der Waals surface area contributed by atoms with Crippen molar-refractivity contribution in [3.63, 3.8) is 0 Å². The number of aliphatic hydroxyl groups excluding tert-OH is 1. The van der Waals surface area contributed by atoms with E-state index in [1.807, 2.05) is 30.3 Å². The topological polar surface area (TPSA) is 125 Å². The second kappa shape index (κ2) is 10.8. The van der Waals surface area contributed by atoms with E-state index < -0.39 is 17.4 Å². The molecule has 0 aliphatic heterocycles. The molecule has 0 bridgehead atoms. The number of aryl methyl sites for hydroxylation is 1. The number of hydrogen-bond donors (Lipinski definition) is 2. The molecule has 0 aliphatic rings. The molecule has 36 heavy (non-hydrogen) atoms. The fourth-order valence-electron chi connectivity index (χ4n) is 3.65. The van der Waals surface area contributed by atoms with Crippen LogP contribution in [0.5, 0.6) is 11.5 Å². The van der Waals surface area contributed by atoms with Gasteiger partial charge in [0, 0.05) is 24.1 Å². The van der Waals surface area contributed by atoms with E-state index in [1.165, 1.54) is 23.2 Å². The lowest BCUT2D eigenvalue weighted by atomic mass is 10.2. The van der Waals surface area contributed by atoms with E-state index in [1.54, 1.807) is 31.5 Å². The molecular formula is C24H25BrN6O5. The van der Waals surface area contributed by atoms with Crippen LogP contribution in [0.4, 0.5) is 5.95 Å². The van der Waals surface area contributed by atoms with Gasteiger partial charge in [0.2, 0.25) is 5.95 Å². The Labute approximate surface area is 214 Å². The maximum absolute atomic E-state index is 13.0. The van der Waals surface area contributed by atoms with Gasteiger partial charge in [-0.05, 0) is 30.3 Å². The number of hydrogen-bond acceptors (Lipinski definition) is 8. The number of aliphatic hydroxyl groups is 1. The lowest BCUT2D eigenvalue weighted by Crippen LogP contribution is -2.38. The molecule has 0 amide bonds. The third-order valence-electron chi connectivity index (χ3n) is 5.49. The van der Waals surface area contributed by atoms with Crippen LogP contribution in [0.3, 0.4) is 0 Å². The Bertz CT molecular complexity index is 1530. The van der Waals surface area contributed by atoms with Gasteiger partial charge in [0.1, 0.15) is 24.2 Å². The van der Waals surface area contributed by atoms with Gasteiger partial charge in [0.25, 0.3) is 5.56 Å². The molecule has 0 saturated heterocycles. The van der Waals surface area contributed by atoms with Crippen LogP contribution in [0.2, 0.25) is 0 Å². The van der Waals surface area contributed by atoms with Gasteiger partial charge in [-0.25, -0.2) is 10.2 Å². The number of para-hydroxylation sites is 1. The van der Waals surface area contributed by atoms with Gasteiger partial charge < -0.3 is 19.1 Å². The van der Waals surface area contributed by atoms with Crippen molar-refractivity contribution in [1.29, 1.82) is 0 Å². The SMILES string of the molecule is COc1ccc(Br)cc1C=NNc1nc2c(c(=O)n(C)c(=O)n2C)n1CC(O)COc1ccccc1. The van der Waals surface area contributed by atoms with Crippen LogP contribution in [-0.2, 0) is 20.6 Å². The maximum atomic E-state index is 13.0. The van der Waals surface area contributed by atoms with E-state index in [2.05, 4.69) is 31.4 Å². The Morgan fingerprint density at radius 1 is 1.17 bits per heavy atom. The highest BCUT2D eigenvalue weighted by Gasteiger charge is 2.21. The fraction of sp³-hybridized carbons (Fsp3) is 0.250. The van der Waals surface area contributed by atoms with Crippen molar-refractivity contribution in [1.82, 2.24) is 18.7 Å². The van der Waals surface area contributed by atoms with Gasteiger partial charge in [-0.2, -0.15) is 10.1 Å². The number of halogens is 1. The molecule has 4 aromatic rings. The van der Waals surface area contributed by atoms with Crippen LogP contribution in [-0.4, -0.2) is 49.8 Å². The number of imidazole rings is 1.